The molecule has 1 saturated heterocycles. The van der Waals surface area contributed by atoms with E-state index >= 15 is 0 Å². The van der Waals surface area contributed by atoms with Crippen LogP contribution in [0.25, 0.3) is 0 Å². The number of thiophene rings is 1. The lowest BCUT2D eigenvalue weighted by atomic mass is 10.2. The molecular formula is C15H18N2O2S. The Kier molecular flexibility index (Phi) is 4.18. The van der Waals surface area contributed by atoms with E-state index in [0.717, 1.165) is 25.1 Å². The van der Waals surface area contributed by atoms with Gasteiger partial charge in [0.25, 0.3) is 0 Å². The summed E-state index contributed by atoms with van der Waals surface area (Å²) < 4.78 is 5.21. The highest BCUT2D eigenvalue weighted by Gasteiger charge is 2.27. The second-order valence-electron chi connectivity index (χ2n) is 5.00. The smallest absolute Gasteiger partial charge is 0.234 e. The number of carbonyl (C=O) groups is 1. The van der Waals surface area contributed by atoms with Gasteiger partial charge in [-0.2, -0.15) is 0 Å². The zero-order chi connectivity index (χ0) is 13.8. The van der Waals surface area contributed by atoms with E-state index in [1.807, 2.05) is 12.1 Å². The van der Waals surface area contributed by atoms with Crippen molar-refractivity contribution in [3.63, 3.8) is 0 Å². The number of likely N-dealkylation sites (tertiary alicyclic amines) is 1. The minimum Gasteiger partial charge on any atom is -0.467 e. The molecule has 0 aliphatic carbocycles. The SMILES string of the molecule is O=C(CN1CCCC1c1cccs1)NCc1ccco1. The zero-order valence-corrected chi connectivity index (χ0v) is 12.1. The number of furan rings is 1. The van der Waals surface area contributed by atoms with Gasteiger partial charge in [-0.05, 0) is 43.0 Å². The van der Waals surface area contributed by atoms with E-state index in [2.05, 4.69) is 27.7 Å². The molecule has 0 spiro atoms. The Hall–Kier alpha value is -1.59. The molecule has 3 heterocycles. The highest BCUT2D eigenvalue weighted by Crippen LogP contribution is 2.33. The van der Waals surface area contributed by atoms with Gasteiger partial charge in [0.1, 0.15) is 5.76 Å². The summed E-state index contributed by atoms with van der Waals surface area (Å²) in [4.78, 5) is 15.6. The Morgan fingerprint density at radius 2 is 2.40 bits per heavy atom. The molecule has 0 saturated carbocycles. The van der Waals surface area contributed by atoms with Gasteiger partial charge in [0.2, 0.25) is 5.91 Å². The van der Waals surface area contributed by atoms with Gasteiger partial charge in [-0.1, -0.05) is 6.07 Å². The van der Waals surface area contributed by atoms with Gasteiger partial charge in [0.15, 0.2) is 0 Å². The van der Waals surface area contributed by atoms with Crippen LogP contribution in [0.3, 0.4) is 0 Å². The van der Waals surface area contributed by atoms with E-state index in [9.17, 15) is 4.79 Å². The molecule has 4 nitrogen and oxygen atoms in total. The van der Waals surface area contributed by atoms with Gasteiger partial charge in [0.05, 0.1) is 19.4 Å². The lowest BCUT2D eigenvalue weighted by molar-refractivity contribution is -0.122. The van der Waals surface area contributed by atoms with Gasteiger partial charge in [0, 0.05) is 10.9 Å². The summed E-state index contributed by atoms with van der Waals surface area (Å²) in [6.07, 6.45) is 3.93. The van der Waals surface area contributed by atoms with Gasteiger partial charge >= 0.3 is 0 Å². The average Bonchev–Trinajstić information content (AvgIpc) is 3.18. The molecule has 0 aromatic carbocycles. The lowest BCUT2D eigenvalue weighted by Crippen LogP contribution is -2.36. The molecule has 1 atom stereocenters. The van der Waals surface area contributed by atoms with Gasteiger partial charge in [-0.15, -0.1) is 11.3 Å². The van der Waals surface area contributed by atoms with Gasteiger partial charge in [-0.25, -0.2) is 0 Å². The third-order valence-corrected chi connectivity index (χ3v) is 4.60. The topological polar surface area (TPSA) is 45.5 Å². The van der Waals surface area contributed by atoms with Crippen molar-refractivity contribution in [3.8, 4) is 0 Å². The molecule has 1 unspecified atom stereocenters. The maximum absolute atomic E-state index is 12.0. The molecule has 1 N–H and O–H groups in total. The van der Waals surface area contributed by atoms with Crippen LogP contribution in [0, 0.1) is 0 Å². The van der Waals surface area contributed by atoms with Crippen LogP contribution >= 0.6 is 11.3 Å². The number of rotatable bonds is 5. The third kappa shape index (κ3) is 3.11. The fraction of sp³-hybridized carbons (Fsp3) is 0.400. The number of nitrogens with zero attached hydrogens (tertiary/aromatic N) is 1. The fourth-order valence-electron chi connectivity index (χ4n) is 2.66. The molecule has 5 heteroatoms. The van der Waals surface area contributed by atoms with Gasteiger partial charge in [-0.3, -0.25) is 9.69 Å². The highest BCUT2D eigenvalue weighted by molar-refractivity contribution is 7.10. The van der Waals surface area contributed by atoms with E-state index in [1.54, 1.807) is 17.6 Å². The van der Waals surface area contributed by atoms with Crippen LogP contribution in [0.15, 0.2) is 40.3 Å². The van der Waals surface area contributed by atoms with Crippen molar-refractivity contribution in [1.82, 2.24) is 10.2 Å². The number of amides is 1. The molecule has 2 aromatic heterocycles. The van der Waals surface area contributed by atoms with E-state index in [1.165, 1.54) is 4.88 Å². The summed E-state index contributed by atoms with van der Waals surface area (Å²) in [6, 6.07) is 8.34. The standard InChI is InChI=1S/C15H18N2O2S/c18-15(16-10-12-4-2-8-19-12)11-17-7-1-5-13(17)14-6-3-9-20-14/h2-4,6,8-9,13H,1,5,7,10-11H2,(H,16,18). The quantitative estimate of drug-likeness (QED) is 0.921. The Morgan fingerprint density at radius 1 is 1.45 bits per heavy atom. The van der Waals surface area contributed by atoms with Crippen molar-refractivity contribution >= 4 is 17.2 Å². The van der Waals surface area contributed by atoms with E-state index < -0.39 is 0 Å². The maximum Gasteiger partial charge on any atom is 0.234 e. The van der Waals surface area contributed by atoms with Crippen molar-refractivity contribution in [2.75, 3.05) is 13.1 Å². The first kappa shape index (κ1) is 13.4. The molecule has 1 aliphatic rings. The van der Waals surface area contributed by atoms with Crippen molar-refractivity contribution in [1.29, 1.82) is 0 Å². The predicted molar refractivity (Wildman–Crippen MR) is 78.4 cm³/mol. The van der Waals surface area contributed by atoms with Crippen molar-refractivity contribution in [3.05, 3.63) is 46.5 Å². The van der Waals surface area contributed by atoms with Crippen LogP contribution in [0.5, 0.6) is 0 Å². The lowest BCUT2D eigenvalue weighted by Gasteiger charge is -2.22. The Balaban J connectivity index is 1.52. The zero-order valence-electron chi connectivity index (χ0n) is 11.2. The molecule has 0 radical (unpaired) electrons. The van der Waals surface area contributed by atoms with Crippen LogP contribution in [-0.4, -0.2) is 23.9 Å². The molecule has 1 amide bonds. The second-order valence-corrected chi connectivity index (χ2v) is 5.98. The van der Waals surface area contributed by atoms with Crippen LogP contribution in [0.4, 0.5) is 0 Å². The number of hydrogen-bond acceptors (Lipinski definition) is 4. The first-order valence-electron chi connectivity index (χ1n) is 6.89. The van der Waals surface area contributed by atoms with Crippen LogP contribution in [-0.2, 0) is 11.3 Å². The normalized spacial score (nSPS) is 19.3. The van der Waals surface area contributed by atoms with Crippen LogP contribution < -0.4 is 5.32 Å². The monoisotopic (exact) mass is 290 g/mol. The van der Waals surface area contributed by atoms with Crippen molar-refractivity contribution in [2.45, 2.75) is 25.4 Å². The maximum atomic E-state index is 12.0. The number of hydrogen-bond donors (Lipinski definition) is 1. The average molecular weight is 290 g/mol. The van der Waals surface area contributed by atoms with E-state index in [-0.39, 0.29) is 5.91 Å². The van der Waals surface area contributed by atoms with Crippen molar-refractivity contribution < 1.29 is 9.21 Å². The van der Waals surface area contributed by atoms with Crippen LogP contribution in [0.2, 0.25) is 0 Å². The Bertz CT molecular complexity index is 536. The Labute approximate surface area is 122 Å². The number of carbonyl (C=O) groups excluding carboxylic acids is 1. The highest BCUT2D eigenvalue weighted by atomic mass is 32.1. The first-order valence-corrected chi connectivity index (χ1v) is 7.77. The minimum absolute atomic E-state index is 0.0601. The summed E-state index contributed by atoms with van der Waals surface area (Å²) in [5.74, 6) is 0.847. The molecule has 20 heavy (non-hydrogen) atoms. The molecule has 1 aliphatic heterocycles. The summed E-state index contributed by atoms with van der Waals surface area (Å²) in [7, 11) is 0. The summed E-state index contributed by atoms with van der Waals surface area (Å²) >= 11 is 1.77. The second kappa shape index (κ2) is 6.24. The van der Waals surface area contributed by atoms with Gasteiger partial charge < -0.3 is 9.73 Å². The van der Waals surface area contributed by atoms with Crippen molar-refractivity contribution in [2.24, 2.45) is 0 Å². The van der Waals surface area contributed by atoms with E-state index in [4.69, 9.17) is 4.42 Å². The fourth-order valence-corrected chi connectivity index (χ4v) is 3.55. The predicted octanol–water partition coefficient (Wildman–Crippen LogP) is 2.79. The largest absolute Gasteiger partial charge is 0.467 e. The molecule has 2 aromatic rings. The third-order valence-electron chi connectivity index (χ3n) is 3.62. The minimum atomic E-state index is 0.0601. The summed E-state index contributed by atoms with van der Waals surface area (Å²) in [6.45, 7) is 1.92. The molecule has 3 rings (SSSR count). The molecular weight excluding hydrogens is 272 g/mol. The Morgan fingerprint density at radius 3 is 3.15 bits per heavy atom. The number of nitrogens with one attached hydrogen (secondary N) is 1. The molecule has 1 fully saturated rings. The molecule has 0 bridgehead atoms. The summed E-state index contributed by atoms with van der Waals surface area (Å²) in [5, 5.41) is 5.01. The summed E-state index contributed by atoms with van der Waals surface area (Å²) in [5.41, 5.74) is 0. The first-order chi connectivity index (χ1) is 9.83. The van der Waals surface area contributed by atoms with Crippen LogP contribution in [0.1, 0.15) is 29.5 Å². The van der Waals surface area contributed by atoms with E-state index in [0.29, 0.717) is 19.1 Å². The molecule has 106 valence electrons.